The Bertz CT molecular complexity index is 637. The van der Waals surface area contributed by atoms with Crippen molar-refractivity contribution in [1.29, 1.82) is 0 Å². The molecule has 1 aromatic heterocycles. The monoisotopic (exact) mass is 361 g/mol. The molecule has 2 saturated heterocycles. The van der Waals surface area contributed by atoms with Crippen molar-refractivity contribution in [3.8, 4) is 5.88 Å². The summed E-state index contributed by atoms with van der Waals surface area (Å²) in [6, 6.07) is 0.254. The van der Waals surface area contributed by atoms with Gasteiger partial charge in [0.2, 0.25) is 11.8 Å². The van der Waals surface area contributed by atoms with Gasteiger partial charge in [0.15, 0.2) is 5.82 Å². The highest BCUT2D eigenvalue weighted by Crippen LogP contribution is 2.24. The molecular formula is C18H27N5O3. The SMILES string of the molecule is COc1nccnc1NC1CCN(C(=O)C2CCN(C(C)=O)CC2)CC1. The number of methoxy groups -OCH3 is 1. The third kappa shape index (κ3) is 4.23. The van der Waals surface area contributed by atoms with E-state index in [-0.39, 0.29) is 23.8 Å². The molecule has 0 radical (unpaired) electrons. The maximum absolute atomic E-state index is 12.8. The van der Waals surface area contributed by atoms with E-state index >= 15 is 0 Å². The molecule has 0 saturated carbocycles. The standard InChI is InChI=1S/C18H27N5O3/c1-13(24)22-9-3-14(4-10-22)18(25)23-11-5-15(6-12-23)21-16-17(26-2)20-8-7-19-16/h7-8,14-15H,3-6,9-12H2,1-2H3,(H,19,21). The zero-order valence-corrected chi connectivity index (χ0v) is 15.5. The summed E-state index contributed by atoms with van der Waals surface area (Å²) in [7, 11) is 1.58. The molecule has 2 amide bonds. The average molecular weight is 361 g/mol. The first-order valence-electron chi connectivity index (χ1n) is 9.24. The number of carbonyl (C=O) groups is 2. The highest BCUT2D eigenvalue weighted by atomic mass is 16.5. The molecule has 2 aliphatic heterocycles. The zero-order chi connectivity index (χ0) is 18.5. The molecule has 26 heavy (non-hydrogen) atoms. The van der Waals surface area contributed by atoms with E-state index in [0.29, 0.717) is 24.8 Å². The summed E-state index contributed by atoms with van der Waals surface area (Å²) in [6.07, 6.45) is 6.52. The lowest BCUT2D eigenvalue weighted by Crippen LogP contribution is -2.47. The van der Waals surface area contributed by atoms with Crippen LogP contribution in [0.3, 0.4) is 0 Å². The van der Waals surface area contributed by atoms with Crippen molar-refractivity contribution in [3.63, 3.8) is 0 Å². The Balaban J connectivity index is 1.48. The van der Waals surface area contributed by atoms with Crippen LogP contribution in [0.1, 0.15) is 32.6 Å². The lowest BCUT2D eigenvalue weighted by atomic mass is 9.94. The third-order valence-electron chi connectivity index (χ3n) is 5.30. The van der Waals surface area contributed by atoms with Crippen molar-refractivity contribution < 1.29 is 14.3 Å². The fraction of sp³-hybridized carbons (Fsp3) is 0.667. The second-order valence-corrected chi connectivity index (χ2v) is 6.94. The highest BCUT2D eigenvalue weighted by Gasteiger charge is 2.31. The van der Waals surface area contributed by atoms with Gasteiger partial charge in [-0.15, -0.1) is 0 Å². The molecule has 142 valence electrons. The number of nitrogens with zero attached hydrogens (tertiary/aromatic N) is 4. The molecule has 0 spiro atoms. The van der Waals surface area contributed by atoms with Crippen molar-refractivity contribution in [2.45, 2.75) is 38.6 Å². The van der Waals surface area contributed by atoms with E-state index in [1.54, 1.807) is 26.4 Å². The predicted octanol–water partition coefficient (Wildman–Crippen LogP) is 1.15. The second-order valence-electron chi connectivity index (χ2n) is 6.94. The lowest BCUT2D eigenvalue weighted by Gasteiger charge is -2.37. The lowest BCUT2D eigenvalue weighted by molar-refractivity contribution is -0.140. The van der Waals surface area contributed by atoms with Crippen LogP contribution in [0.4, 0.5) is 5.82 Å². The number of amides is 2. The van der Waals surface area contributed by atoms with Crippen molar-refractivity contribution >= 4 is 17.6 Å². The normalized spacial score (nSPS) is 19.3. The average Bonchev–Trinajstić information content (AvgIpc) is 2.68. The van der Waals surface area contributed by atoms with Crippen LogP contribution in [0.2, 0.25) is 0 Å². The van der Waals surface area contributed by atoms with E-state index < -0.39 is 0 Å². The number of anilines is 1. The van der Waals surface area contributed by atoms with Gasteiger partial charge in [-0.3, -0.25) is 9.59 Å². The highest BCUT2D eigenvalue weighted by molar-refractivity contribution is 5.80. The molecule has 1 N–H and O–H groups in total. The first-order valence-corrected chi connectivity index (χ1v) is 9.24. The van der Waals surface area contributed by atoms with E-state index in [1.165, 1.54) is 0 Å². The summed E-state index contributed by atoms with van der Waals surface area (Å²) in [5.41, 5.74) is 0. The topological polar surface area (TPSA) is 87.7 Å². The van der Waals surface area contributed by atoms with Crippen LogP contribution in [0.15, 0.2) is 12.4 Å². The number of rotatable bonds is 4. The Labute approximate surface area is 153 Å². The van der Waals surface area contributed by atoms with Crippen LogP contribution >= 0.6 is 0 Å². The van der Waals surface area contributed by atoms with Crippen molar-refractivity contribution in [3.05, 3.63) is 12.4 Å². The summed E-state index contributed by atoms with van der Waals surface area (Å²) in [5.74, 6) is 1.53. The molecule has 0 aliphatic carbocycles. The molecule has 1 aromatic rings. The quantitative estimate of drug-likeness (QED) is 0.865. The fourth-order valence-corrected chi connectivity index (χ4v) is 3.71. The molecule has 0 aromatic carbocycles. The predicted molar refractivity (Wildman–Crippen MR) is 96.8 cm³/mol. The number of aromatic nitrogens is 2. The number of ether oxygens (including phenoxy) is 1. The van der Waals surface area contributed by atoms with Crippen LogP contribution in [0.25, 0.3) is 0 Å². The van der Waals surface area contributed by atoms with Crippen LogP contribution < -0.4 is 10.1 Å². The largest absolute Gasteiger partial charge is 0.478 e. The van der Waals surface area contributed by atoms with E-state index in [9.17, 15) is 9.59 Å². The number of hydrogen-bond donors (Lipinski definition) is 1. The third-order valence-corrected chi connectivity index (χ3v) is 5.30. The van der Waals surface area contributed by atoms with E-state index in [1.807, 2.05) is 9.80 Å². The Hall–Kier alpha value is -2.38. The molecule has 0 atom stereocenters. The van der Waals surface area contributed by atoms with Gasteiger partial charge in [-0.1, -0.05) is 0 Å². The summed E-state index contributed by atoms with van der Waals surface area (Å²) in [6.45, 7) is 4.45. The van der Waals surface area contributed by atoms with E-state index in [4.69, 9.17) is 4.74 Å². The van der Waals surface area contributed by atoms with E-state index in [2.05, 4.69) is 15.3 Å². The summed E-state index contributed by atoms with van der Waals surface area (Å²) in [5, 5.41) is 3.38. The Morgan fingerprint density at radius 3 is 2.27 bits per heavy atom. The van der Waals surface area contributed by atoms with E-state index in [0.717, 1.165) is 38.8 Å². The van der Waals surface area contributed by atoms with Crippen LogP contribution in [0, 0.1) is 5.92 Å². The molecule has 8 nitrogen and oxygen atoms in total. The fourth-order valence-electron chi connectivity index (χ4n) is 3.71. The minimum absolute atomic E-state index is 0.0511. The van der Waals surface area contributed by atoms with Gasteiger partial charge in [0.1, 0.15) is 0 Å². The Morgan fingerprint density at radius 1 is 1.04 bits per heavy atom. The van der Waals surface area contributed by atoms with Crippen LogP contribution in [-0.4, -0.2) is 70.9 Å². The van der Waals surface area contributed by atoms with Crippen LogP contribution in [-0.2, 0) is 9.59 Å². The maximum Gasteiger partial charge on any atom is 0.257 e. The summed E-state index contributed by atoms with van der Waals surface area (Å²) < 4.78 is 5.22. The van der Waals surface area contributed by atoms with Gasteiger partial charge >= 0.3 is 0 Å². The molecule has 2 fully saturated rings. The molecule has 3 heterocycles. The van der Waals surface area contributed by atoms with Gasteiger partial charge in [-0.25, -0.2) is 9.97 Å². The molecule has 3 rings (SSSR count). The van der Waals surface area contributed by atoms with Crippen molar-refractivity contribution in [1.82, 2.24) is 19.8 Å². The Kier molecular flexibility index (Phi) is 5.90. The van der Waals surface area contributed by atoms with Gasteiger partial charge in [0.05, 0.1) is 7.11 Å². The number of carbonyl (C=O) groups excluding carboxylic acids is 2. The number of likely N-dealkylation sites (tertiary alicyclic amines) is 2. The smallest absolute Gasteiger partial charge is 0.257 e. The second kappa shape index (κ2) is 8.33. The molecule has 0 bridgehead atoms. The number of hydrogen-bond acceptors (Lipinski definition) is 6. The molecule has 2 aliphatic rings. The molecule has 0 unspecified atom stereocenters. The first kappa shape index (κ1) is 18.4. The van der Waals surface area contributed by atoms with Crippen molar-refractivity contribution in [2.24, 2.45) is 5.92 Å². The molecular weight excluding hydrogens is 334 g/mol. The minimum atomic E-state index is 0.0511. The maximum atomic E-state index is 12.8. The first-order chi connectivity index (χ1) is 12.6. The van der Waals surface area contributed by atoms with Gasteiger partial charge in [-0.2, -0.15) is 0 Å². The van der Waals surface area contributed by atoms with Crippen LogP contribution in [0.5, 0.6) is 5.88 Å². The minimum Gasteiger partial charge on any atom is -0.478 e. The number of piperidine rings is 2. The van der Waals surface area contributed by atoms with Crippen molar-refractivity contribution in [2.75, 3.05) is 38.6 Å². The van der Waals surface area contributed by atoms with Gasteiger partial charge < -0.3 is 19.9 Å². The van der Waals surface area contributed by atoms with Gasteiger partial charge in [-0.05, 0) is 25.7 Å². The molecule has 8 heteroatoms. The van der Waals surface area contributed by atoms with Gasteiger partial charge in [0.25, 0.3) is 5.88 Å². The zero-order valence-electron chi connectivity index (χ0n) is 15.5. The summed E-state index contributed by atoms with van der Waals surface area (Å²) >= 11 is 0. The Morgan fingerprint density at radius 2 is 1.65 bits per heavy atom. The number of nitrogens with one attached hydrogen (secondary N) is 1. The summed E-state index contributed by atoms with van der Waals surface area (Å²) in [4.78, 5) is 36.4. The van der Waals surface area contributed by atoms with Gasteiger partial charge in [0, 0.05) is 57.5 Å².